The lowest BCUT2D eigenvalue weighted by atomic mass is 9.72. The molecule has 1 nitrogen and oxygen atoms in total. The fraction of sp³-hybridized carbons (Fsp3) is 0.750. The summed E-state index contributed by atoms with van der Waals surface area (Å²) in [6.07, 6.45) is 1.30. The number of alkyl halides is 4. The Morgan fingerprint density at radius 1 is 0.947 bits per heavy atom. The Morgan fingerprint density at radius 3 is 2.05 bits per heavy atom. The minimum atomic E-state index is -1.49. The minimum absolute atomic E-state index is 0.0839. The molecule has 0 aromatic rings. The summed E-state index contributed by atoms with van der Waals surface area (Å²) < 4.78 is -1.49. The van der Waals surface area contributed by atoms with E-state index < -0.39 is 14.1 Å². The van der Waals surface area contributed by atoms with Crippen molar-refractivity contribution in [2.45, 2.75) is 26.9 Å². The van der Waals surface area contributed by atoms with Crippen molar-refractivity contribution in [3.63, 3.8) is 0 Å². The van der Waals surface area contributed by atoms with Gasteiger partial charge in [-0.05, 0) is 18.3 Å². The molecular weight excluding hydrogens is 373 g/mol. The van der Waals surface area contributed by atoms with Crippen LogP contribution in [-0.2, 0) is 4.79 Å². The van der Waals surface area contributed by atoms with Gasteiger partial charge in [-0.25, -0.2) is 0 Å². The molecule has 104 valence electrons. The maximum absolute atomic E-state index is 12.0. The second-order valence-corrected chi connectivity index (χ2v) is 9.23. The number of halogens is 6. The number of fused-ring (bicyclic) bond motifs is 9. The van der Waals surface area contributed by atoms with Crippen LogP contribution < -0.4 is 0 Å². The molecule has 4 aliphatic carbocycles. The molecular formula is C12H8Cl6O. The fourth-order valence-corrected chi connectivity index (χ4v) is 7.93. The van der Waals surface area contributed by atoms with Crippen LogP contribution in [0.5, 0.6) is 0 Å². The number of ketones is 1. The summed E-state index contributed by atoms with van der Waals surface area (Å²) in [5.41, 5.74) is 0. The van der Waals surface area contributed by atoms with Gasteiger partial charge in [0.2, 0.25) is 0 Å². The molecule has 0 radical (unpaired) electrons. The van der Waals surface area contributed by atoms with E-state index in [9.17, 15) is 4.79 Å². The molecule has 4 rings (SSSR count). The van der Waals surface area contributed by atoms with E-state index in [0.717, 1.165) is 6.42 Å². The molecule has 4 bridgehead atoms. The van der Waals surface area contributed by atoms with Gasteiger partial charge < -0.3 is 0 Å². The zero-order chi connectivity index (χ0) is 14.0. The smallest absolute Gasteiger partial charge is 0.166 e. The maximum Gasteiger partial charge on any atom is 0.166 e. The third-order valence-corrected chi connectivity index (χ3v) is 9.72. The predicted octanol–water partition coefficient (Wildman–Crippen LogP) is 4.67. The van der Waals surface area contributed by atoms with Gasteiger partial charge in [0.1, 0.15) is 15.5 Å². The summed E-state index contributed by atoms with van der Waals surface area (Å²) >= 11 is 39.0. The molecule has 3 saturated carbocycles. The molecule has 0 heterocycles. The number of Topliss-reactive ketones (excluding diaryl/α,β-unsaturated/α-hetero) is 1. The van der Waals surface area contributed by atoms with Gasteiger partial charge in [0.05, 0.1) is 10.1 Å². The van der Waals surface area contributed by atoms with Crippen LogP contribution >= 0.6 is 69.6 Å². The molecule has 4 aliphatic rings. The monoisotopic (exact) mass is 378 g/mol. The predicted molar refractivity (Wildman–Crippen MR) is 78.5 cm³/mol. The maximum atomic E-state index is 12.0. The van der Waals surface area contributed by atoms with Crippen LogP contribution in [0, 0.1) is 23.7 Å². The third-order valence-electron chi connectivity index (χ3n) is 5.43. The van der Waals surface area contributed by atoms with Crippen LogP contribution in [0.3, 0.4) is 0 Å². The highest BCUT2D eigenvalue weighted by Gasteiger charge is 2.86. The van der Waals surface area contributed by atoms with E-state index in [2.05, 4.69) is 0 Å². The van der Waals surface area contributed by atoms with Crippen molar-refractivity contribution in [2.75, 3.05) is 0 Å². The summed E-state index contributed by atoms with van der Waals surface area (Å²) in [6.45, 7) is 0. The Labute approximate surface area is 140 Å². The molecule has 0 aromatic heterocycles. The Bertz CT molecular complexity index is 556. The Kier molecular flexibility index (Phi) is 2.58. The van der Waals surface area contributed by atoms with E-state index in [0.29, 0.717) is 6.42 Å². The summed E-state index contributed by atoms with van der Waals surface area (Å²) in [5.74, 6) is -0.0920. The molecule has 3 fully saturated rings. The van der Waals surface area contributed by atoms with Gasteiger partial charge in [-0.15, -0.1) is 23.2 Å². The number of hydrogen-bond acceptors (Lipinski definition) is 1. The SMILES string of the molecule is O=C1C[C@@H]2C[C@H]1[C@H]1[C@@H]2[C@]2(Cl)C(Cl)=C(Cl)[C@@]1(Cl)C2(Cl)Cl. The van der Waals surface area contributed by atoms with Crippen molar-refractivity contribution in [2.24, 2.45) is 23.7 Å². The van der Waals surface area contributed by atoms with Crippen LogP contribution in [-0.4, -0.2) is 19.9 Å². The highest BCUT2D eigenvalue weighted by Crippen LogP contribution is 2.82. The second kappa shape index (κ2) is 3.55. The van der Waals surface area contributed by atoms with Crippen molar-refractivity contribution in [1.82, 2.24) is 0 Å². The van der Waals surface area contributed by atoms with Crippen molar-refractivity contribution < 1.29 is 4.79 Å². The van der Waals surface area contributed by atoms with Crippen molar-refractivity contribution in [3.05, 3.63) is 10.1 Å². The zero-order valence-electron chi connectivity index (χ0n) is 9.40. The topological polar surface area (TPSA) is 17.1 Å². The van der Waals surface area contributed by atoms with E-state index >= 15 is 0 Å². The summed E-state index contributed by atoms with van der Waals surface area (Å²) in [6, 6.07) is 0. The molecule has 0 amide bonds. The number of hydrogen-bond donors (Lipinski definition) is 0. The van der Waals surface area contributed by atoms with Crippen LogP contribution in [0.2, 0.25) is 0 Å². The summed E-state index contributed by atoms with van der Waals surface area (Å²) in [4.78, 5) is 9.59. The fourth-order valence-electron chi connectivity index (χ4n) is 4.78. The van der Waals surface area contributed by atoms with Gasteiger partial charge in [-0.3, -0.25) is 4.79 Å². The van der Waals surface area contributed by atoms with E-state index in [1.54, 1.807) is 0 Å². The third kappa shape index (κ3) is 1.11. The largest absolute Gasteiger partial charge is 0.299 e. The first-order chi connectivity index (χ1) is 8.69. The molecule has 6 atom stereocenters. The van der Waals surface area contributed by atoms with Crippen LogP contribution in [0.15, 0.2) is 10.1 Å². The lowest BCUT2D eigenvalue weighted by Gasteiger charge is -2.38. The first-order valence-corrected chi connectivity index (χ1v) is 8.30. The number of carbonyl (C=O) groups excluding carboxylic acids is 1. The number of allylic oxidation sites excluding steroid dienone is 2. The standard InChI is InChI=1S/C12H8Cl6O/c13-8-9(14)11(16)7-4-1-3(2-5(4)19)6(7)10(8,15)12(11,17)18/h3-4,6-7H,1-2H2/t3-,4+,6+,7-,10-,11+/m0/s1. The molecule has 0 aliphatic heterocycles. The van der Waals surface area contributed by atoms with E-state index in [-0.39, 0.29) is 39.5 Å². The average molecular weight is 381 g/mol. The van der Waals surface area contributed by atoms with Gasteiger partial charge in [0.25, 0.3) is 0 Å². The van der Waals surface area contributed by atoms with E-state index in [1.165, 1.54) is 0 Å². The zero-order valence-corrected chi connectivity index (χ0v) is 13.9. The first kappa shape index (κ1) is 13.8. The Hall–Kier alpha value is 1.15. The normalized spacial score (nSPS) is 57.3. The second-order valence-electron chi connectivity index (χ2n) is 5.95. The molecule has 0 aromatic carbocycles. The quantitative estimate of drug-likeness (QED) is 0.440. The van der Waals surface area contributed by atoms with Crippen molar-refractivity contribution >= 4 is 75.4 Å². The summed E-state index contributed by atoms with van der Waals surface area (Å²) in [7, 11) is 0. The van der Waals surface area contributed by atoms with Gasteiger partial charge in [-0.2, -0.15) is 0 Å². The molecule has 0 saturated heterocycles. The summed E-state index contributed by atoms with van der Waals surface area (Å²) in [5, 5.41) is 0.453. The number of carbonyl (C=O) groups is 1. The Balaban J connectivity index is 2.01. The lowest BCUT2D eigenvalue weighted by Crippen LogP contribution is -2.46. The molecule has 0 N–H and O–H groups in total. The molecule has 7 heteroatoms. The average Bonchev–Trinajstić information content (AvgIpc) is 2.95. The van der Waals surface area contributed by atoms with Crippen molar-refractivity contribution in [3.8, 4) is 0 Å². The van der Waals surface area contributed by atoms with Gasteiger partial charge in [0.15, 0.2) is 4.33 Å². The highest BCUT2D eigenvalue weighted by molar-refractivity contribution is 6.65. The van der Waals surface area contributed by atoms with Gasteiger partial charge in [0, 0.05) is 18.3 Å². The Morgan fingerprint density at radius 2 is 1.47 bits per heavy atom. The van der Waals surface area contributed by atoms with Gasteiger partial charge in [-0.1, -0.05) is 46.4 Å². The molecule has 0 unspecified atom stereocenters. The van der Waals surface area contributed by atoms with Crippen molar-refractivity contribution in [1.29, 1.82) is 0 Å². The molecule has 19 heavy (non-hydrogen) atoms. The molecule has 0 spiro atoms. The van der Waals surface area contributed by atoms with Crippen LogP contribution in [0.1, 0.15) is 12.8 Å². The van der Waals surface area contributed by atoms with E-state index in [1.807, 2.05) is 0 Å². The minimum Gasteiger partial charge on any atom is -0.299 e. The highest BCUT2D eigenvalue weighted by atomic mass is 35.5. The number of rotatable bonds is 0. The van der Waals surface area contributed by atoms with Crippen LogP contribution in [0.25, 0.3) is 0 Å². The van der Waals surface area contributed by atoms with Crippen LogP contribution in [0.4, 0.5) is 0 Å². The first-order valence-electron chi connectivity index (χ1n) is 6.03. The van der Waals surface area contributed by atoms with Gasteiger partial charge >= 0.3 is 0 Å². The lowest BCUT2D eigenvalue weighted by molar-refractivity contribution is -0.124. The van der Waals surface area contributed by atoms with E-state index in [4.69, 9.17) is 69.6 Å².